The predicted octanol–water partition coefficient (Wildman–Crippen LogP) is 4.22. The highest BCUT2D eigenvalue weighted by Gasteiger charge is 2.34. The van der Waals surface area contributed by atoms with E-state index in [2.05, 4.69) is 44.0 Å². The normalized spacial score (nSPS) is 16.2. The van der Waals surface area contributed by atoms with Gasteiger partial charge in [0.1, 0.15) is 6.61 Å². The van der Waals surface area contributed by atoms with Gasteiger partial charge in [0.15, 0.2) is 11.5 Å². The summed E-state index contributed by atoms with van der Waals surface area (Å²) in [7, 11) is 1.58. The Morgan fingerprint density at radius 3 is 2.70 bits per heavy atom. The maximum absolute atomic E-state index is 13.3. The van der Waals surface area contributed by atoms with Crippen molar-refractivity contribution < 1.29 is 14.3 Å². The van der Waals surface area contributed by atoms with Crippen LogP contribution in [0.15, 0.2) is 43.0 Å². The Morgan fingerprint density at radius 1 is 1.26 bits per heavy atom. The number of nitrogens with zero attached hydrogens (tertiary/aromatic N) is 2. The van der Waals surface area contributed by atoms with Crippen molar-refractivity contribution in [3.63, 3.8) is 0 Å². The summed E-state index contributed by atoms with van der Waals surface area (Å²) in [4.78, 5) is 15.3. The predicted molar refractivity (Wildman–Crippen MR) is 106 cm³/mol. The number of aromatic nitrogens is 1. The summed E-state index contributed by atoms with van der Waals surface area (Å²) < 4.78 is 13.3. The quantitative estimate of drug-likeness (QED) is 0.717. The van der Waals surface area contributed by atoms with E-state index >= 15 is 0 Å². The Morgan fingerprint density at radius 2 is 2.04 bits per heavy atom. The first-order valence-corrected chi connectivity index (χ1v) is 9.36. The molecule has 0 unspecified atom stereocenters. The summed E-state index contributed by atoms with van der Waals surface area (Å²) in [6.45, 7) is 12.0. The molecule has 3 rings (SSSR count). The topological polar surface area (TPSA) is 43.7 Å². The lowest BCUT2D eigenvalue weighted by Gasteiger charge is -2.40. The van der Waals surface area contributed by atoms with Crippen molar-refractivity contribution in [2.24, 2.45) is 5.92 Å². The number of fused-ring (bicyclic) bond motifs is 1. The van der Waals surface area contributed by atoms with Crippen LogP contribution in [0.1, 0.15) is 41.6 Å². The fraction of sp³-hybridized carbons (Fsp3) is 0.409. The zero-order chi connectivity index (χ0) is 19.6. The fourth-order valence-electron chi connectivity index (χ4n) is 3.82. The Balaban J connectivity index is 1.91. The molecule has 2 heterocycles. The number of methoxy groups -OCH3 is 1. The van der Waals surface area contributed by atoms with Gasteiger partial charge >= 0.3 is 0 Å². The van der Waals surface area contributed by atoms with Crippen molar-refractivity contribution in [1.82, 2.24) is 9.47 Å². The Kier molecular flexibility index (Phi) is 5.59. The van der Waals surface area contributed by atoms with Gasteiger partial charge in [-0.25, -0.2) is 0 Å². The molecule has 2 aromatic rings. The minimum absolute atomic E-state index is 0.0207. The number of aryl methyl sites for hydroxylation is 1. The molecular formula is C22H28N2O3. The first kappa shape index (κ1) is 19.1. The highest BCUT2D eigenvalue weighted by Crippen LogP contribution is 2.36. The van der Waals surface area contributed by atoms with E-state index in [9.17, 15) is 4.79 Å². The van der Waals surface area contributed by atoms with Crippen LogP contribution in [-0.4, -0.2) is 35.6 Å². The zero-order valence-corrected chi connectivity index (χ0v) is 16.6. The molecule has 1 amide bonds. The van der Waals surface area contributed by atoms with Crippen LogP contribution in [0, 0.1) is 12.8 Å². The van der Waals surface area contributed by atoms with Crippen LogP contribution in [0.4, 0.5) is 0 Å². The van der Waals surface area contributed by atoms with Crippen LogP contribution in [0.3, 0.4) is 0 Å². The Labute approximate surface area is 161 Å². The van der Waals surface area contributed by atoms with E-state index in [0.717, 1.165) is 6.54 Å². The van der Waals surface area contributed by atoms with Gasteiger partial charge in [0.25, 0.3) is 5.91 Å². The molecule has 0 saturated carbocycles. The third kappa shape index (κ3) is 3.59. The lowest BCUT2D eigenvalue weighted by molar-refractivity contribution is 0.0554. The van der Waals surface area contributed by atoms with Gasteiger partial charge in [-0.3, -0.25) is 4.79 Å². The van der Waals surface area contributed by atoms with E-state index < -0.39 is 0 Å². The zero-order valence-electron chi connectivity index (χ0n) is 16.6. The average molecular weight is 368 g/mol. The minimum Gasteiger partial charge on any atom is -0.493 e. The summed E-state index contributed by atoms with van der Waals surface area (Å²) in [6, 6.07) is 9.69. The molecule has 5 heteroatoms. The summed E-state index contributed by atoms with van der Waals surface area (Å²) in [5.41, 5.74) is 3.06. The van der Waals surface area contributed by atoms with Gasteiger partial charge in [-0.15, -0.1) is 0 Å². The number of ether oxygens (including phenoxy) is 2. The molecule has 1 aliphatic rings. The molecule has 0 aliphatic carbocycles. The van der Waals surface area contributed by atoms with Crippen molar-refractivity contribution in [3.05, 3.63) is 59.9 Å². The molecule has 0 saturated heterocycles. The first-order valence-electron chi connectivity index (χ1n) is 9.36. The second-order valence-corrected chi connectivity index (χ2v) is 7.20. The second kappa shape index (κ2) is 7.91. The third-order valence-corrected chi connectivity index (χ3v) is 5.10. The molecule has 0 N–H and O–H groups in total. The molecule has 1 aromatic heterocycles. The highest BCUT2D eigenvalue weighted by atomic mass is 16.5. The van der Waals surface area contributed by atoms with Crippen LogP contribution < -0.4 is 9.47 Å². The van der Waals surface area contributed by atoms with Gasteiger partial charge in [0.2, 0.25) is 0 Å². The molecule has 1 aliphatic heterocycles. The van der Waals surface area contributed by atoms with Crippen molar-refractivity contribution in [3.8, 4) is 11.5 Å². The SMILES string of the molecule is C=CCOc1ccc(C(=O)N2CCn3c(C)ccc3[C@@H]2C(C)C)cc1OC. The van der Waals surface area contributed by atoms with Gasteiger partial charge in [-0.05, 0) is 43.2 Å². The molecule has 144 valence electrons. The number of carbonyl (C=O) groups excluding carboxylic acids is 1. The fourth-order valence-corrected chi connectivity index (χ4v) is 3.82. The number of amides is 1. The summed E-state index contributed by atoms with van der Waals surface area (Å²) in [5.74, 6) is 1.50. The first-order chi connectivity index (χ1) is 13.0. The summed E-state index contributed by atoms with van der Waals surface area (Å²) in [5, 5.41) is 0. The number of carbonyl (C=O) groups is 1. The van der Waals surface area contributed by atoms with Crippen molar-refractivity contribution in [1.29, 1.82) is 0 Å². The number of hydrogen-bond donors (Lipinski definition) is 0. The van der Waals surface area contributed by atoms with E-state index in [1.165, 1.54) is 11.4 Å². The molecule has 0 bridgehead atoms. The molecule has 0 fully saturated rings. The van der Waals surface area contributed by atoms with Crippen molar-refractivity contribution in [2.75, 3.05) is 20.3 Å². The van der Waals surface area contributed by atoms with Crippen LogP contribution in [0.5, 0.6) is 11.5 Å². The number of rotatable bonds is 6. The number of benzene rings is 1. The standard InChI is InChI=1S/C22H28N2O3/c1-6-13-27-19-10-8-17(14-20(19)26-5)22(25)24-12-11-23-16(4)7-9-18(23)21(24)15(2)3/h6-10,14-15,21H,1,11-13H2,2-5H3/t21-/m0/s1. The van der Waals surface area contributed by atoms with Gasteiger partial charge in [0.05, 0.1) is 13.2 Å². The van der Waals surface area contributed by atoms with Gasteiger partial charge in [0, 0.05) is 30.0 Å². The maximum Gasteiger partial charge on any atom is 0.254 e. The number of hydrogen-bond acceptors (Lipinski definition) is 3. The molecule has 0 spiro atoms. The average Bonchev–Trinajstić information content (AvgIpc) is 3.05. The monoisotopic (exact) mass is 368 g/mol. The molecule has 0 radical (unpaired) electrons. The van der Waals surface area contributed by atoms with E-state index in [-0.39, 0.29) is 11.9 Å². The maximum atomic E-state index is 13.3. The second-order valence-electron chi connectivity index (χ2n) is 7.20. The van der Waals surface area contributed by atoms with Crippen molar-refractivity contribution >= 4 is 5.91 Å². The van der Waals surface area contributed by atoms with E-state index in [1.807, 2.05) is 4.90 Å². The smallest absolute Gasteiger partial charge is 0.254 e. The molecule has 1 atom stereocenters. The van der Waals surface area contributed by atoms with Gasteiger partial charge < -0.3 is 18.9 Å². The van der Waals surface area contributed by atoms with Gasteiger partial charge in [-0.1, -0.05) is 26.5 Å². The minimum atomic E-state index is 0.0207. The lowest BCUT2D eigenvalue weighted by Crippen LogP contribution is -2.44. The largest absolute Gasteiger partial charge is 0.493 e. The van der Waals surface area contributed by atoms with Crippen LogP contribution in [0.2, 0.25) is 0 Å². The van der Waals surface area contributed by atoms with Crippen LogP contribution >= 0.6 is 0 Å². The molecule has 27 heavy (non-hydrogen) atoms. The molecular weight excluding hydrogens is 340 g/mol. The molecule has 5 nitrogen and oxygen atoms in total. The van der Waals surface area contributed by atoms with E-state index in [0.29, 0.717) is 36.1 Å². The summed E-state index contributed by atoms with van der Waals surface area (Å²) in [6.07, 6.45) is 1.68. The Hall–Kier alpha value is -2.69. The summed E-state index contributed by atoms with van der Waals surface area (Å²) >= 11 is 0. The third-order valence-electron chi connectivity index (χ3n) is 5.10. The van der Waals surface area contributed by atoms with E-state index in [1.54, 1.807) is 31.4 Å². The van der Waals surface area contributed by atoms with Crippen molar-refractivity contribution in [2.45, 2.75) is 33.4 Å². The van der Waals surface area contributed by atoms with Crippen LogP contribution in [0.25, 0.3) is 0 Å². The lowest BCUT2D eigenvalue weighted by atomic mass is 9.96. The Bertz CT molecular complexity index is 838. The van der Waals surface area contributed by atoms with Gasteiger partial charge in [-0.2, -0.15) is 0 Å². The van der Waals surface area contributed by atoms with Crippen LogP contribution in [-0.2, 0) is 6.54 Å². The highest BCUT2D eigenvalue weighted by molar-refractivity contribution is 5.95. The molecule has 1 aromatic carbocycles. The van der Waals surface area contributed by atoms with E-state index in [4.69, 9.17) is 9.47 Å².